The van der Waals surface area contributed by atoms with Gasteiger partial charge in [-0.15, -0.1) is 0 Å². The van der Waals surface area contributed by atoms with Gasteiger partial charge in [0.25, 0.3) is 0 Å². The zero-order valence-corrected chi connectivity index (χ0v) is 11.1. The summed E-state index contributed by atoms with van der Waals surface area (Å²) in [6.45, 7) is 2.61. The molecule has 1 fully saturated rings. The van der Waals surface area contributed by atoms with Crippen molar-refractivity contribution in [1.29, 1.82) is 0 Å². The maximum absolute atomic E-state index is 11.2. The standard InChI is InChI=1S/C14H19NO4/c1-9(10-5-3-4-6-13(10)16)15(2)12-8-19-7-11(12)14(17)18/h3-6,9,11-12,16H,7-8H2,1-2H3,(H,17,18). The Bertz CT molecular complexity index is 463. The van der Waals surface area contributed by atoms with Gasteiger partial charge in [-0.3, -0.25) is 9.69 Å². The Kier molecular flexibility index (Phi) is 4.07. The predicted molar refractivity (Wildman–Crippen MR) is 70.0 cm³/mol. The van der Waals surface area contributed by atoms with Crippen molar-refractivity contribution >= 4 is 5.97 Å². The second kappa shape index (κ2) is 5.59. The van der Waals surface area contributed by atoms with Gasteiger partial charge in [0.15, 0.2) is 0 Å². The van der Waals surface area contributed by atoms with Crippen LogP contribution < -0.4 is 0 Å². The summed E-state index contributed by atoms with van der Waals surface area (Å²) in [7, 11) is 1.87. The number of benzene rings is 1. The van der Waals surface area contributed by atoms with Gasteiger partial charge in [0.05, 0.1) is 19.1 Å². The number of hydrogen-bond donors (Lipinski definition) is 2. The van der Waals surface area contributed by atoms with Crippen LogP contribution in [-0.2, 0) is 9.53 Å². The summed E-state index contributed by atoms with van der Waals surface area (Å²) in [5.74, 6) is -1.12. The highest BCUT2D eigenvalue weighted by atomic mass is 16.5. The monoisotopic (exact) mass is 265 g/mol. The highest BCUT2D eigenvalue weighted by Crippen LogP contribution is 2.31. The fourth-order valence-corrected chi connectivity index (χ4v) is 2.53. The molecule has 1 heterocycles. The summed E-state index contributed by atoms with van der Waals surface area (Å²) in [5, 5.41) is 19.1. The molecule has 1 aromatic carbocycles. The molecule has 1 aromatic rings. The van der Waals surface area contributed by atoms with E-state index >= 15 is 0 Å². The van der Waals surface area contributed by atoms with Crippen LogP contribution in [0.2, 0.25) is 0 Å². The molecule has 0 bridgehead atoms. The molecule has 1 aliphatic rings. The van der Waals surface area contributed by atoms with Crippen LogP contribution in [0, 0.1) is 5.92 Å². The van der Waals surface area contributed by atoms with Crippen molar-refractivity contribution in [1.82, 2.24) is 4.90 Å². The first-order valence-electron chi connectivity index (χ1n) is 6.32. The van der Waals surface area contributed by atoms with Gasteiger partial charge in [0.2, 0.25) is 0 Å². The van der Waals surface area contributed by atoms with E-state index < -0.39 is 11.9 Å². The van der Waals surface area contributed by atoms with Crippen molar-refractivity contribution in [2.24, 2.45) is 5.92 Å². The van der Waals surface area contributed by atoms with Gasteiger partial charge < -0.3 is 14.9 Å². The predicted octanol–water partition coefficient (Wildman–Crippen LogP) is 1.48. The van der Waals surface area contributed by atoms with Crippen LogP contribution >= 0.6 is 0 Å². The van der Waals surface area contributed by atoms with Gasteiger partial charge in [-0.1, -0.05) is 18.2 Å². The average Bonchev–Trinajstić information content (AvgIpc) is 2.87. The van der Waals surface area contributed by atoms with E-state index in [2.05, 4.69) is 0 Å². The number of aromatic hydroxyl groups is 1. The van der Waals surface area contributed by atoms with E-state index in [0.29, 0.717) is 6.61 Å². The third-order valence-corrected chi connectivity index (χ3v) is 3.89. The molecule has 3 unspecified atom stereocenters. The Morgan fingerprint density at radius 2 is 2.11 bits per heavy atom. The molecule has 0 spiro atoms. The van der Waals surface area contributed by atoms with Crippen molar-refractivity contribution in [2.75, 3.05) is 20.3 Å². The minimum absolute atomic E-state index is 0.0743. The van der Waals surface area contributed by atoms with Crippen LogP contribution in [0.3, 0.4) is 0 Å². The summed E-state index contributed by atoms with van der Waals surface area (Å²) in [5.41, 5.74) is 0.793. The normalized spacial score (nSPS) is 24.6. The third kappa shape index (κ3) is 2.72. The fourth-order valence-electron chi connectivity index (χ4n) is 2.53. The Hall–Kier alpha value is -1.59. The van der Waals surface area contributed by atoms with Crippen molar-refractivity contribution in [3.05, 3.63) is 29.8 Å². The second-order valence-electron chi connectivity index (χ2n) is 4.95. The number of phenolic OH excluding ortho intramolecular Hbond substituents is 1. The molecular formula is C14H19NO4. The maximum atomic E-state index is 11.2. The second-order valence-corrected chi connectivity index (χ2v) is 4.95. The molecule has 104 valence electrons. The Morgan fingerprint density at radius 3 is 2.74 bits per heavy atom. The molecule has 0 saturated carbocycles. The first kappa shape index (κ1) is 13.8. The van der Waals surface area contributed by atoms with Gasteiger partial charge in [-0.05, 0) is 20.0 Å². The van der Waals surface area contributed by atoms with Gasteiger partial charge in [-0.2, -0.15) is 0 Å². The lowest BCUT2D eigenvalue weighted by Gasteiger charge is -2.32. The van der Waals surface area contributed by atoms with E-state index in [1.165, 1.54) is 0 Å². The number of nitrogens with zero attached hydrogens (tertiary/aromatic N) is 1. The summed E-state index contributed by atoms with van der Waals surface area (Å²) in [6, 6.07) is 6.87. The number of carboxylic acid groups (broad SMARTS) is 1. The largest absolute Gasteiger partial charge is 0.508 e. The van der Waals surface area contributed by atoms with Crippen molar-refractivity contribution in [2.45, 2.75) is 19.0 Å². The summed E-state index contributed by atoms with van der Waals surface area (Å²) < 4.78 is 5.28. The molecule has 3 atom stereocenters. The van der Waals surface area contributed by atoms with Crippen molar-refractivity contribution in [3.8, 4) is 5.75 Å². The van der Waals surface area contributed by atoms with Gasteiger partial charge >= 0.3 is 5.97 Å². The minimum Gasteiger partial charge on any atom is -0.508 e. The van der Waals surface area contributed by atoms with Crippen LogP contribution in [0.4, 0.5) is 0 Å². The summed E-state index contributed by atoms with van der Waals surface area (Å²) in [6.07, 6.45) is 0. The number of carbonyl (C=O) groups is 1. The number of likely N-dealkylation sites (N-methyl/N-ethyl adjacent to an activating group) is 1. The molecule has 1 saturated heterocycles. The number of ether oxygens (including phenoxy) is 1. The number of rotatable bonds is 4. The Labute approximate surface area is 112 Å². The quantitative estimate of drug-likeness (QED) is 0.863. The Balaban J connectivity index is 2.17. The lowest BCUT2D eigenvalue weighted by atomic mass is 9.98. The highest BCUT2D eigenvalue weighted by Gasteiger charge is 2.38. The molecule has 0 amide bonds. The number of hydrogen-bond acceptors (Lipinski definition) is 4. The van der Waals surface area contributed by atoms with E-state index in [1.54, 1.807) is 12.1 Å². The van der Waals surface area contributed by atoms with Crippen LogP contribution in [-0.4, -0.2) is 47.4 Å². The maximum Gasteiger partial charge on any atom is 0.310 e. The van der Waals surface area contributed by atoms with Crippen molar-refractivity contribution in [3.63, 3.8) is 0 Å². The van der Waals surface area contributed by atoms with Gasteiger partial charge in [0, 0.05) is 17.6 Å². The minimum atomic E-state index is -0.834. The van der Waals surface area contributed by atoms with Gasteiger partial charge in [-0.25, -0.2) is 0 Å². The lowest BCUT2D eigenvalue weighted by molar-refractivity contribution is -0.143. The van der Waals surface area contributed by atoms with Crippen molar-refractivity contribution < 1.29 is 19.7 Å². The average molecular weight is 265 g/mol. The molecule has 2 N–H and O–H groups in total. The lowest BCUT2D eigenvalue weighted by Crippen LogP contribution is -2.42. The smallest absolute Gasteiger partial charge is 0.310 e. The molecule has 1 aliphatic heterocycles. The van der Waals surface area contributed by atoms with Gasteiger partial charge in [0.1, 0.15) is 5.75 Å². The van der Waals surface area contributed by atoms with E-state index in [9.17, 15) is 15.0 Å². The van der Waals surface area contributed by atoms with E-state index in [0.717, 1.165) is 5.56 Å². The first-order valence-corrected chi connectivity index (χ1v) is 6.32. The molecule has 0 aromatic heterocycles. The Morgan fingerprint density at radius 1 is 1.42 bits per heavy atom. The SMILES string of the molecule is CC(c1ccccc1O)N(C)C1COCC1C(=O)O. The molecule has 0 aliphatic carbocycles. The number of carboxylic acids is 1. The summed E-state index contributed by atoms with van der Waals surface area (Å²) >= 11 is 0. The first-order chi connectivity index (χ1) is 9.02. The van der Waals surface area contributed by atoms with Crippen LogP contribution in [0.5, 0.6) is 5.75 Å². The number of phenols is 1. The van der Waals surface area contributed by atoms with Crippen LogP contribution in [0.25, 0.3) is 0 Å². The molecular weight excluding hydrogens is 246 g/mol. The zero-order chi connectivity index (χ0) is 14.0. The molecule has 19 heavy (non-hydrogen) atoms. The van der Waals surface area contributed by atoms with E-state index in [4.69, 9.17) is 4.74 Å². The topological polar surface area (TPSA) is 70.0 Å². The van der Waals surface area contributed by atoms with E-state index in [1.807, 2.05) is 31.0 Å². The molecule has 5 nitrogen and oxygen atoms in total. The molecule has 5 heteroatoms. The number of aliphatic carboxylic acids is 1. The molecule has 0 radical (unpaired) electrons. The number of para-hydroxylation sites is 1. The zero-order valence-electron chi connectivity index (χ0n) is 11.1. The third-order valence-electron chi connectivity index (χ3n) is 3.89. The van der Waals surface area contributed by atoms with Crippen LogP contribution in [0.15, 0.2) is 24.3 Å². The summed E-state index contributed by atoms with van der Waals surface area (Å²) in [4.78, 5) is 13.1. The van der Waals surface area contributed by atoms with Crippen LogP contribution in [0.1, 0.15) is 18.5 Å². The fraction of sp³-hybridized carbons (Fsp3) is 0.500. The van der Waals surface area contributed by atoms with E-state index in [-0.39, 0.29) is 24.4 Å². The highest BCUT2D eigenvalue weighted by molar-refractivity contribution is 5.71. The molecule has 2 rings (SSSR count).